The van der Waals surface area contributed by atoms with Crippen LogP contribution in [0.4, 0.5) is 16.4 Å². The molecule has 1 fully saturated rings. The molecule has 0 aliphatic carbocycles. The second-order valence-electron chi connectivity index (χ2n) is 5.74. The van der Waals surface area contributed by atoms with Gasteiger partial charge in [-0.05, 0) is 32.8 Å². The highest BCUT2D eigenvalue weighted by atomic mass is 16.2. The van der Waals surface area contributed by atoms with Crippen molar-refractivity contribution >= 4 is 17.7 Å². The maximum atomic E-state index is 12.2. The number of H-pyrrole nitrogens is 1. The van der Waals surface area contributed by atoms with E-state index >= 15 is 0 Å². The van der Waals surface area contributed by atoms with Crippen LogP contribution in [0.5, 0.6) is 0 Å². The van der Waals surface area contributed by atoms with Crippen molar-refractivity contribution in [3.05, 3.63) is 29.8 Å². The van der Waals surface area contributed by atoms with Crippen LogP contribution in [0.1, 0.15) is 24.2 Å². The average Bonchev–Trinajstić information content (AvgIpc) is 2.88. The number of piperidine rings is 1. The zero-order valence-corrected chi connectivity index (χ0v) is 13.3. The number of aryl methyl sites for hydroxylation is 2. The van der Waals surface area contributed by atoms with Gasteiger partial charge >= 0.3 is 6.03 Å². The van der Waals surface area contributed by atoms with E-state index in [0.717, 1.165) is 36.5 Å². The van der Waals surface area contributed by atoms with Crippen LogP contribution in [0, 0.1) is 13.8 Å². The summed E-state index contributed by atoms with van der Waals surface area (Å²) in [5, 5.41) is 12.8. The minimum absolute atomic E-state index is 0.0695. The smallest absolute Gasteiger partial charge is 0.319 e. The number of hydrogen-bond acceptors (Lipinski definition) is 5. The number of amides is 2. The molecule has 2 aromatic heterocycles. The van der Waals surface area contributed by atoms with Gasteiger partial charge in [-0.15, -0.1) is 0 Å². The lowest BCUT2D eigenvalue weighted by Crippen LogP contribution is -2.49. The molecule has 0 bridgehead atoms. The second-order valence-corrected chi connectivity index (χ2v) is 5.74. The fourth-order valence-electron chi connectivity index (χ4n) is 2.80. The Morgan fingerprint density at radius 2 is 2.13 bits per heavy atom. The Morgan fingerprint density at radius 3 is 2.83 bits per heavy atom. The van der Waals surface area contributed by atoms with Crippen LogP contribution in [-0.4, -0.2) is 45.3 Å². The van der Waals surface area contributed by atoms with E-state index in [-0.39, 0.29) is 12.1 Å². The number of carbonyl (C=O) groups excluding carboxylic acids is 1. The van der Waals surface area contributed by atoms with E-state index in [1.54, 1.807) is 18.5 Å². The highest BCUT2D eigenvalue weighted by Crippen LogP contribution is 2.17. The Balaban J connectivity index is 1.58. The van der Waals surface area contributed by atoms with Crippen molar-refractivity contribution in [1.82, 2.24) is 25.5 Å². The molecule has 0 aromatic carbocycles. The van der Waals surface area contributed by atoms with Crippen molar-refractivity contribution in [2.24, 2.45) is 0 Å². The molecule has 1 atom stereocenters. The molecule has 8 nitrogen and oxygen atoms in total. The van der Waals surface area contributed by atoms with Gasteiger partial charge in [0.15, 0.2) is 0 Å². The molecular weight excluding hydrogens is 294 g/mol. The summed E-state index contributed by atoms with van der Waals surface area (Å²) in [4.78, 5) is 22.9. The van der Waals surface area contributed by atoms with E-state index in [0.29, 0.717) is 12.5 Å². The number of anilines is 2. The van der Waals surface area contributed by atoms with Crippen LogP contribution < -0.4 is 15.5 Å². The number of aromatic amines is 1. The molecule has 122 valence electrons. The van der Waals surface area contributed by atoms with Crippen LogP contribution in [0.25, 0.3) is 0 Å². The van der Waals surface area contributed by atoms with Crippen LogP contribution in [-0.2, 0) is 0 Å². The lowest BCUT2D eigenvalue weighted by atomic mass is 10.1. The summed E-state index contributed by atoms with van der Waals surface area (Å²) in [5.74, 6) is 0.709. The number of nitrogens with one attached hydrogen (secondary N) is 3. The lowest BCUT2D eigenvalue weighted by Gasteiger charge is -2.33. The van der Waals surface area contributed by atoms with Crippen LogP contribution in [0.3, 0.4) is 0 Å². The predicted octanol–water partition coefficient (Wildman–Crippen LogP) is 1.61. The van der Waals surface area contributed by atoms with Crippen molar-refractivity contribution in [1.29, 1.82) is 0 Å². The fourth-order valence-corrected chi connectivity index (χ4v) is 2.80. The minimum atomic E-state index is -0.210. The third kappa shape index (κ3) is 3.58. The van der Waals surface area contributed by atoms with E-state index in [9.17, 15) is 4.79 Å². The monoisotopic (exact) mass is 315 g/mol. The molecule has 2 aromatic rings. The SMILES string of the molecule is Cc1n[nH]c(C)c1NC(=O)N[C@H]1CCCN(c2ncccn2)C1. The van der Waals surface area contributed by atoms with E-state index in [4.69, 9.17) is 0 Å². The molecule has 3 rings (SSSR count). The summed E-state index contributed by atoms with van der Waals surface area (Å²) < 4.78 is 0. The number of nitrogens with zero attached hydrogens (tertiary/aromatic N) is 4. The van der Waals surface area contributed by atoms with Crippen molar-refractivity contribution in [3.63, 3.8) is 0 Å². The van der Waals surface area contributed by atoms with Gasteiger partial charge in [0.05, 0.1) is 17.1 Å². The molecule has 1 saturated heterocycles. The van der Waals surface area contributed by atoms with Gasteiger partial charge in [-0.25, -0.2) is 14.8 Å². The minimum Gasteiger partial charge on any atom is -0.339 e. The number of urea groups is 1. The fraction of sp³-hybridized carbons (Fsp3) is 0.467. The van der Waals surface area contributed by atoms with Gasteiger partial charge in [0.1, 0.15) is 0 Å². The average molecular weight is 315 g/mol. The van der Waals surface area contributed by atoms with E-state index < -0.39 is 0 Å². The van der Waals surface area contributed by atoms with E-state index in [1.807, 2.05) is 13.8 Å². The van der Waals surface area contributed by atoms with Gasteiger partial charge in [0, 0.05) is 31.5 Å². The molecule has 3 heterocycles. The van der Waals surface area contributed by atoms with Crippen LogP contribution in [0.2, 0.25) is 0 Å². The van der Waals surface area contributed by atoms with Crippen molar-refractivity contribution in [2.45, 2.75) is 32.7 Å². The quantitative estimate of drug-likeness (QED) is 0.799. The van der Waals surface area contributed by atoms with E-state index in [2.05, 4.69) is 35.7 Å². The second kappa shape index (κ2) is 6.64. The van der Waals surface area contributed by atoms with Crippen molar-refractivity contribution in [2.75, 3.05) is 23.3 Å². The molecule has 1 aliphatic rings. The summed E-state index contributed by atoms with van der Waals surface area (Å²) in [5.41, 5.74) is 2.36. The van der Waals surface area contributed by atoms with E-state index in [1.165, 1.54) is 0 Å². The summed E-state index contributed by atoms with van der Waals surface area (Å²) in [6.07, 6.45) is 5.40. The largest absolute Gasteiger partial charge is 0.339 e. The molecule has 0 unspecified atom stereocenters. The van der Waals surface area contributed by atoms with Gasteiger partial charge in [-0.2, -0.15) is 5.10 Å². The van der Waals surface area contributed by atoms with Crippen molar-refractivity contribution in [3.8, 4) is 0 Å². The standard InChI is InChI=1S/C15H21N7O/c1-10-13(11(2)21-20-10)19-15(23)18-12-5-3-8-22(9-12)14-16-6-4-7-17-14/h4,6-7,12H,3,5,8-9H2,1-2H3,(H,20,21)(H2,18,19,23)/t12-/m0/s1. The number of rotatable bonds is 3. The number of carbonyl (C=O) groups is 1. The van der Waals surface area contributed by atoms with Gasteiger partial charge < -0.3 is 15.5 Å². The molecule has 2 amide bonds. The Kier molecular flexibility index (Phi) is 4.40. The van der Waals surface area contributed by atoms with Crippen LogP contribution in [0.15, 0.2) is 18.5 Å². The van der Waals surface area contributed by atoms with Crippen LogP contribution >= 0.6 is 0 Å². The predicted molar refractivity (Wildman–Crippen MR) is 87.5 cm³/mol. The zero-order valence-electron chi connectivity index (χ0n) is 13.3. The number of aromatic nitrogens is 4. The van der Waals surface area contributed by atoms with Gasteiger partial charge in [-0.1, -0.05) is 0 Å². The first kappa shape index (κ1) is 15.3. The maximum absolute atomic E-state index is 12.2. The molecule has 1 aliphatic heterocycles. The third-order valence-electron chi connectivity index (χ3n) is 3.96. The maximum Gasteiger partial charge on any atom is 0.319 e. The first-order valence-electron chi connectivity index (χ1n) is 7.74. The Labute approximate surface area is 134 Å². The number of hydrogen-bond donors (Lipinski definition) is 3. The molecule has 0 radical (unpaired) electrons. The highest BCUT2D eigenvalue weighted by Gasteiger charge is 2.23. The first-order chi connectivity index (χ1) is 11.1. The Bertz CT molecular complexity index is 650. The van der Waals surface area contributed by atoms with Gasteiger partial charge in [0.2, 0.25) is 5.95 Å². The molecular formula is C15H21N7O. The summed E-state index contributed by atoms with van der Waals surface area (Å²) >= 11 is 0. The lowest BCUT2D eigenvalue weighted by molar-refractivity contribution is 0.246. The Morgan fingerprint density at radius 1 is 1.35 bits per heavy atom. The normalized spacial score (nSPS) is 17.8. The summed E-state index contributed by atoms with van der Waals surface area (Å²) in [6, 6.07) is 1.66. The zero-order chi connectivity index (χ0) is 16.2. The topological polar surface area (TPSA) is 98.8 Å². The molecule has 8 heteroatoms. The first-order valence-corrected chi connectivity index (χ1v) is 7.74. The highest BCUT2D eigenvalue weighted by molar-refractivity contribution is 5.90. The summed E-state index contributed by atoms with van der Waals surface area (Å²) in [6.45, 7) is 5.35. The molecule has 23 heavy (non-hydrogen) atoms. The molecule has 0 spiro atoms. The summed E-state index contributed by atoms with van der Waals surface area (Å²) in [7, 11) is 0. The molecule has 3 N–H and O–H groups in total. The third-order valence-corrected chi connectivity index (χ3v) is 3.96. The molecule has 0 saturated carbocycles. The van der Waals surface area contributed by atoms with Gasteiger partial charge in [0.25, 0.3) is 0 Å². The van der Waals surface area contributed by atoms with Crippen molar-refractivity contribution < 1.29 is 4.79 Å². The Hall–Kier alpha value is -2.64. The van der Waals surface area contributed by atoms with Gasteiger partial charge in [-0.3, -0.25) is 5.10 Å².